The monoisotopic (exact) mass is 431 g/mol. The quantitative estimate of drug-likeness (QED) is 0.747. The second-order valence-corrected chi connectivity index (χ2v) is 7.65. The summed E-state index contributed by atoms with van der Waals surface area (Å²) in [5, 5.41) is 19.3. The molecule has 2 aromatic rings. The highest BCUT2D eigenvalue weighted by molar-refractivity contribution is 8.02. The zero-order valence-electron chi connectivity index (χ0n) is 14.2. The molecule has 0 radical (unpaired) electrons. The Labute approximate surface area is 161 Å². The standard InChI is InChI=1S/C17H10F5N3O3S/c18-13(19)8-25-12-2-1-5-24-14(12)15(26)16(29(25,27)28)10-4-3-9(7-23)6-11(10)17(20,21)22/h1-6,13,26H,8H2. The second kappa shape index (κ2) is 7.00. The average molecular weight is 431 g/mol. The van der Waals surface area contributed by atoms with Crippen LogP contribution in [0.1, 0.15) is 22.4 Å². The van der Waals surface area contributed by atoms with Crippen molar-refractivity contribution >= 4 is 26.4 Å². The van der Waals surface area contributed by atoms with Gasteiger partial charge < -0.3 is 5.11 Å². The fourth-order valence-electron chi connectivity index (χ4n) is 2.88. The molecule has 0 amide bonds. The van der Waals surface area contributed by atoms with E-state index in [0.29, 0.717) is 12.1 Å². The van der Waals surface area contributed by atoms with Gasteiger partial charge in [-0.3, -0.25) is 9.29 Å². The first kappa shape index (κ1) is 20.5. The number of aliphatic hydroxyl groups excluding tert-OH is 1. The lowest BCUT2D eigenvalue weighted by atomic mass is 10.0. The maximum Gasteiger partial charge on any atom is 0.417 e. The molecule has 0 aliphatic carbocycles. The molecule has 0 atom stereocenters. The van der Waals surface area contributed by atoms with E-state index in [2.05, 4.69) is 4.98 Å². The number of fused-ring (bicyclic) bond motifs is 1. The fourth-order valence-corrected chi connectivity index (χ4v) is 4.62. The van der Waals surface area contributed by atoms with E-state index in [1.165, 1.54) is 12.1 Å². The van der Waals surface area contributed by atoms with Crippen LogP contribution >= 0.6 is 0 Å². The van der Waals surface area contributed by atoms with Crippen LogP contribution in [0.3, 0.4) is 0 Å². The van der Waals surface area contributed by atoms with Crippen molar-refractivity contribution in [1.29, 1.82) is 5.26 Å². The highest BCUT2D eigenvalue weighted by atomic mass is 32.2. The van der Waals surface area contributed by atoms with Gasteiger partial charge in [0.1, 0.15) is 10.6 Å². The van der Waals surface area contributed by atoms with Gasteiger partial charge in [-0.1, -0.05) is 6.07 Å². The van der Waals surface area contributed by atoms with Crippen LogP contribution in [0.15, 0.2) is 36.5 Å². The molecular weight excluding hydrogens is 421 g/mol. The first-order valence-electron chi connectivity index (χ1n) is 7.79. The van der Waals surface area contributed by atoms with Gasteiger partial charge in [0, 0.05) is 11.8 Å². The van der Waals surface area contributed by atoms with E-state index in [4.69, 9.17) is 5.26 Å². The van der Waals surface area contributed by atoms with E-state index in [9.17, 15) is 35.5 Å². The molecule has 0 saturated carbocycles. The van der Waals surface area contributed by atoms with Gasteiger partial charge in [-0.15, -0.1) is 0 Å². The normalized spacial score (nSPS) is 16.0. The minimum atomic E-state index is -5.09. The molecule has 0 fully saturated rings. The third-order valence-electron chi connectivity index (χ3n) is 4.05. The lowest BCUT2D eigenvalue weighted by molar-refractivity contribution is -0.137. The van der Waals surface area contributed by atoms with Crippen LogP contribution in [0.5, 0.6) is 0 Å². The molecule has 0 bridgehead atoms. The molecule has 2 heterocycles. The molecule has 1 N–H and O–H groups in total. The van der Waals surface area contributed by atoms with Gasteiger partial charge >= 0.3 is 6.18 Å². The van der Waals surface area contributed by atoms with Crippen LogP contribution in [0.25, 0.3) is 10.7 Å². The number of hydrogen-bond acceptors (Lipinski definition) is 5. The first-order chi connectivity index (χ1) is 13.5. The lowest BCUT2D eigenvalue weighted by Crippen LogP contribution is -2.39. The van der Waals surface area contributed by atoms with E-state index in [-0.39, 0.29) is 4.31 Å². The van der Waals surface area contributed by atoms with E-state index in [0.717, 1.165) is 18.3 Å². The Balaban J connectivity index is 2.39. The van der Waals surface area contributed by atoms with Crippen molar-refractivity contribution in [2.24, 2.45) is 0 Å². The number of rotatable bonds is 3. The zero-order chi connectivity index (χ0) is 21.6. The van der Waals surface area contributed by atoms with Gasteiger partial charge in [-0.05, 0) is 24.3 Å². The number of anilines is 1. The van der Waals surface area contributed by atoms with E-state index >= 15 is 0 Å². The van der Waals surface area contributed by atoms with Gasteiger partial charge in [0.2, 0.25) is 0 Å². The fraction of sp³-hybridized carbons (Fsp3) is 0.176. The predicted molar refractivity (Wildman–Crippen MR) is 92.1 cm³/mol. The number of pyridine rings is 1. The molecule has 1 aliphatic heterocycles. The van der Waals surface area contributed by atoms with Crippen molar-refractivity contribution < 1.29 is 35.5 Å². The van der Waals surface area contributed by atoms with E-state index in [1.54, 1.807) is 0 Å². The molecule has 1 aromatic heterocycles. The Kier molecular flexibility index (Phi) is 4.96. The average Bonchev–Trinajstić information content (AvgIpc) is 2.64. The summed E-state index contributed by atoms with van der Waals surface area (Å²) in [6, 6.07) is 5.86. The smallest absolute Gasteiger partial charge is 0.417 e. The molecule has 1 aromatic carbocycles. The van der Waals surface area contributed by atoms with Crippen LogP contribution in [0, 0.1) is 11.3 Å². The summed E-state index contributed by atoms with van der Waals surface area (Å²) in [6.07, 6.45) is -7.13. The summed E-state index contributed by atoms with van der Waals surface area (Å²) in [6.45, 7) is -1.35. The molecule has 29 heavy (non-hydrogen) atoms. The molecule has 6 nitrogen and oxygen atoms in total. The number of hydrogen-bond donors (Lipinski definition) is 1. The molecule has 3 rings (SSSR count). The molecule has 12 heteroatoms. The summed E-state index contributed by atoms with van der Waals surface area (Å²) >= 11 is 0. The van der Waals surface area contributed by atoms with Crippen LogP contribution in [-0.2, 0) is 16.2 Å². The number of benzene rings is 1. The third kappa shape index (κ3) is 3.49. The van der Waals surface area contributed by atoms with Crippen molar-refractivity contribution in [3.63, 3.8) is 0 Å². The summed E-state index contributed by atoms with van der Waals surface area (Å²) in [7, 11) is -5.02. The molecule has 0 unspecified atom stereocenters. The SMILES string of the molecule is N#Cc1ccc(C2=C(O)c3ncccc3N(CC(F)F)S2(=O)=O)c(C(F)(F)F)c1. The van der Waals surface area contributed by atoms with Gasteiger partial charge in [0.15, 0.2) is 5.76 Å². The van der Waals surface area contributed by atoms with E-state index in [1.807, 2.05) is 0 Å². The summed E-state index contributed by atoms with van der Waals surface area (Å²) in [5.74, 6) is -1.11. The highest BCUT2D eigenvalue weighted by Crippen LogP contribution is 2.45. The predicted octanol–water partition coefficient (Wildman–Crippen LogP) is 3.77. The molecule has 0 saturated heterocycles. The zero-order valence-corrected chi connectivity index (χ0v) is 15.0. The molecule has 152 valence electrons. The van der Waals surface area contributed by atoms with Crippen molar-refractivity contribution in [2.75, 3.05) is 10.8 Å². The largest absolute Gasteiger partial charge is 0.504 e. The van der Waals surface area contributed by atoms with Gasteiger partial charge in [-0.2, -0.15) is 18.4 Å². The van der Waals surface area contributed by atoms with Crippen LogP contribution in [0.2, 0.25) is 0 Å². The topological polar surface area (TPSA) is 94.3 Å². The Hall–Kier alpha value is -3.20. The number of aromatic nitrogens is 1. The number of halogens is 5. The van der Waals surface area contributed by atoms with Gasteiger partial charge in [-0.25, -0.2) is 17.2 Å². The number of sulfonamides is 1. The van der Waals surface area contributed by atoms with Crippen molar-refractivity contribution in [3.8, 4) is 6.07 Å². The van der Waals surface area contributed by atoms with Crippen molar-refractivity contribution in [1.82, 2.24) is 4.98 Å². The summed E-state index contributed by atoms with van der Waals surface area (Å²) < 4.78 is 92.8. The Morgan fingerprint density at radius 1 is 1.24 bits per heavy atom. The molecule has 1 aliphatic rings. The van der Waals surface area contributed by atoms with Gasteiger partial charge in [0.05, 0.1) is 29.4 Å². The van der Waals surface area contributed by atoms with Gasteiger partial charge in [0.25, 0.3) is 16.4 Å². The molecular formula is C17H10F5N3O3S. The minimum absolute atomic E-state index is 0.202. The maximum absolute atomic E-state index is 13.5. The first-order valence-corrected chi connectivity index (χ1v) is 9.23. The van der Waals surface area contributed by atoms with Crippen molar-refractivity contribution in [2.45, 2.75) is 12.6 Å². The maximum atomic E-state index is 13.5. The summed E-state index contributed by atoms with van der Waals surface area (Å²) in [4.78, 5) is 2.51. The summed E-state index contributed by atoms with van der Waals surface area (Å²) in [5.41, 5.74) is -3.76. The number of nitriles is 1. The van der Waals surface area contributed by atoms with Crippen LogP contribution in [-0.4, -0.2) is 31.5 Å². The Bertz CT molecular complexity index is 1150. The number of alkyl halides is 5. The third-order valence-corrected chi connectivity index (χ3v) is 5.90. The molecule has 0 spiro atoms. The van der Waals surface area contributed by atoms with Crippen molar-refractivity contribution in [3.05, 3.63) is 58.9 Å². The Morgan fingerprint density at radius 2 is 1.93 bits per heavy atom. The van der Waals surface area contributed by atoms with Crippen LogP contribution < -0.4 is 4.31 Å². The van der Waals surface area contributed by atoms with Crippen LogP contribution in [0.4, 0.5) is 27.6 Å². The second-order valence-electron chi connectivity index (χ2n) is 5.85. The minimum Gasteiger partial charge on any atom is -0.504 e. The number of nitrogens with zero attached hydrogens (tertiary/aromatic N) is 3. The van der Waals surface area contributed by atoms with E-state index < -0.39 is 67.9 Å². The Morgan fingerprint density at radius 3 is 2.52 bits per heavy atom. The highest BCUT2D eigenvalue weighted by Gasteiger charge is 2.44. The number of aliphatic hydroxyl groups is 1. The lowest BCUT2D eigenvalue weighted by Gasteiger charge is -2.31.